The number of rotatable bonds is 3. The molecule has 4 aromatic heterocycles. The molecule has 5 heteroatoms. The third-order valence-corrected chi connectivity index (χ3v) is 10.8. The van der Waals surface area contributed by atoms with Crippen LogP contribution in [-0.4, -0.2) is 14.5 Å². The molecule has 0 bridgehead atoms. The van der Waals surface area contributed by atoms with Gasteiger partial charge in [-0.15, -0.1) is 0 Å². The first-order chi connectivity index (χ1) is 26.3. The van der Waals surface area contributed by atoms with Crippen molar-refractivity contribution in [2.45, 2.75) is 0 Å². The van der Waals surface area contributed by atoms with Gasteiger partial charge in [0.25, 0.3) is 0 Å². The molecule has 0 aliphatic carbocycles. The van der Waals surface area contributed by atoms with E-state index < -0.39 is 0 Å². The smallest absolute Gasteiger partial charge is 0.236 e. The number of para-hydroxylation sites is 2. The Labute approximate surface area is 302 Å². The van der Waals surface area contributed by atoms with E-state index in [2.05, 4.69) is 132 Å². The second-order valence-corrected chi connectivity index (χ2v) is 13.7. The Morgan fingerprint density at radius 1 is 0.415 bits per heavy atom. The molecule has 0 N–H and O–H groups in total. The van der Waals surface area contributed by atoms with Crippen LogP contribution in [0.3, 0.4) is 0 Å². The Kier molecular flexibility index (Phi) is 5.71. The van der Waals surface area contributed by atoms with Crippen LogP contribution in [0.4, 0.5) is 0 Å². The summed E-state index contributed by atoms with van der Waals surface area (Å²) in [4.78, 5) is 10.8. The van der Waals surface area contributed by atoms with E-state index in [1.165, 1.54) is 32.3 Å². The van der Waals surface area contributed by atoms with Gasteiger partial charge in [0.1, 0.15) is 28.0 Å². The standard InChI is InChI=1S/C48H27N3O2/c1-2-13-30(14-3-1)44-47-45(37-27-31(23-26-41(37)53-47)34-18-10-19-36-35-17-8-9-20-40(35)52-46(34)36)50-48(49-44)51-38-24-21-28-11-4-6-15-32(28)42(38)43-33-16-7-5-12-29(33)22-25-39(43)51/h1-27H. The van der Waals surface area contributed by atoms with Crippen LogP contribution in [0.1, 0.15) is 0 Å². The third-order valence-electron chi connectivity index (χ3n) is 10.8. The van der Waals surface area contributed by atoms with Gasteiger partial charge in [-0.25, -0.2) is 9.97 Å². The topological polar surface area (TPSA) is 57.0 Å². The van der Waals surface area contributed by atoms with E-state index >= 15 is 0 Å². The lowest BCUT2D eigenvalue weighted by Gasteiger charge is -2.10. The van der Waals surface area contributed by atoms with Crippen LogP contribution in [0.15, 0.2) is 173 Å². The molecular formula is C48H27N3O2. The van der Waals surface area contributed by atoms with E-state index in [-0.39, 0.29) is 0 Å². The number of aromatic nitrogens is 3. The second kappa shape index (κ2) is 10.6. The maximum absolute atomic E-state index is 6.67. The van der Waals surface area contributed by atoms with E-state index in [1.54, 1.807) is 0 Å². The van der Waals surface area contributed by atoms with Crippen LogP contribution in [-0.2, 0) is 0 Å². The highest BCUT2D eigenvalue weighted by Crippen LogP contribution is 2.43. The van der Waals surface area contributed by atoms with Crippen molar-refractivity contribution in [2.75, 3.05) is 0 Å². The van der Waals surface area contributed by atoms with Gasteiger partial charge in [0.15, 0.2) is 5.58 Å². The minimum atomic E-state index is 0.592. The van der Waals surface area contributed by atoms with Crippen molar-refractivity contribution in [3.63, 3.8) is 0 Å². The van der Waals surface area contributed by atoms with Crippen molar-refractivity contribution in [2.24, 2.45) is 0 Å². The van der Waals surface area contributed by atoms with Crippen LogP contribution >= 0.6 is 0 Å². The minimum Gasteiger partial charge on any atom is -0.455 e. The molecule has 0 fully saturated rings. The summed E-state index contributed by atoms with van der Waals surface area (Å²) in [6.45, 7) is 0. The van der Waals surface area contributed by atoms with Gasteiger partial charge < -0.3 is 8.83 Å². The molecule has 0 spiro atoms. The van der Waals surface area contributed by atoms with E-state index in [4.69, 9.17) is 18.8 Å². The van der Waals surface area contributed by atoms with Gasteiger partial charge >= 0.3 is 0 Å². The highest BCUT2D eigenvalue weighted by atomic mass is 16.3. The van der Waals surface area contributed by atoms with E-state index in [0.29, 0.717) is 11.5 Å². The number of nitrogens with zero attached hydrogens (tertiary/aromatic N) is 3. The first kappa shape index (κ1) is 28.5. The lowest BCUT2D eigenvalue weighted by Crippen LogP contribution is -2.02. The quantitative estimate of drug-likeness (QED) is 0.187. The SMILES string of the molecule is c1ccc(-c2nc(-n3c4ccc5ccccc5c4c4c5ccccc5ccc43)nc3c2oc2ccc(-c4cccc5c4oc4ccccc45)cc23)cc1. The number of benzene rings is 8. The fourth-order valence-electron chi connectivity index (χ4n) is 8.43. The summed E-state index contributed by atoms with van der Waals surface area (Å²) >= 11 is 0. The number of hydrogen-bond donors (Lipinski definition) is 0. The van der Waals surface area contributed by atoms with Gasteiger partial charge in [-0.1, -0.05) is 133 Å². The Morgan fingerprint density at radius 3 is 1.79 bits per heavy atom. The van der Waals surface area contributed by atoms with Crippen molar-refractivity contribution in [3.05, 3.63) is 164 Å². The van der Waals surface area contributed by atoms with Gasteiger partial charge in [0.2, 0.25) is 5.95 Å². The molecule has 4 heterocycles. The van der Waals surface area contributed by atoms with Crippen LogP contribution in [0.25, 0.3) is 116 Å². The van der Waals surface area contributed by atoms with Crippen molar-refractivity contribution in [1.82, 2.24) is 14.5 Å². The zero-order valence-electron chi connectivity index (χ0n) is 28.2. The molecule has 0 unspecified atom stereocenters. The molecule has 8 aromatic carbocycles. The highest BCUT2D eigenvalue weighted by molar-refractivity contribution is 6.28. The maximum Gasteiger partial charge on any atom is 0.236 e. The highest BCUT2D eigenvalue weighted by Gasteiger charge is 2.23. The Bertz CT molecular complexity index is 3370. The van der Waals surface area contributed by atoms with Crippen LogP contribution in [0.5, 0.6) is 0 Å². The summed E-state index contributed by atoms with van der Waals surface area (Å²) < 4.78 is 15.4. The van der Waals surface area contributed by atoms with Crippen LogP contribution in [0.2, 0.25) is 0 Å². The number of hydrogen-bond acceptors (Lipinski definition) is 4. The fraction of sp³-hybridized carbons (Fsp3) is 0. The molecule has 0 aliphatic rings. The summed E-state index contributed by atoms with van der Waals surface area (Å²) in [5.74, 6) is 0.592. The molecule has 12 aromatic rings. The van der Waals surface area contributed by atoms with Crippen molar-refractivity contribution < 1.29 is 8.83 Å². The lowest BCUT2D eigenvalue weighted by molar-refractivity contribution is 0.666. The first-order valence-corrected chi connectivity index (χ1v) is 17.8. The third kappa shape index (κ3) is 4.02. The summed E-state index contributed by atoms with van der Waals surface area (Å²) in [5, 5.41) is 10.3. The zero-order chi connectivity index (χ0) is 34.6. The second-order valence-electron chi connectivity index (χ2n) is 13.7. The molecule has 246 valence electrons. The Hall–Kier alpha value is -7.24. The van der Waals surface area contributed by atoms with Crippen LogP contribution < -0.4 is 0 Å². The maximum atomic E-state index is 6.67. The van der Waals surface area contributed by atoms with Gasteiger partial charge in [-0.3, -0.25) is 4.57 Å². The molecule has 0 atom stereocenters. The molecule has 0 aliphatic heterocycles. The van der Waals surface area contributed by atoms with Crippen LogP contribution in [0, 0.1) is 0 Å². The zero-order valence-corrected chi connectivity index (χ0v) is 28.2. The van der Waals surface area contributed by atoms with E-state index in [9.17, 15) is 0 Å². The largest absolute Gasteiger partial charge is 0.455 e. The van der Waals surface area contributed by atoms with Gasteiger partial charge in [0.05, 0.1) is 11.0 Å². The first-order valence-electron chi connectivity index (χ1n) is 17.8. The van der Waals surface area contributed by atoms with Crippen molar-refractivity contribution in [3.8, 4) is 28.3 Å². The molecule has 0 amide bonds. The van der Waals surface area contributed by atoms with Gasteiger partial charge in [-0.05, 0) is 57.4 Å². The summed E-state index contributed by atoms with van der Waals surface area (Å²) in [7, 11) is 0. The minimum absolute atomic E-state index is 0.592. The normalized spacial score (nSPS) is 12.2. The predicted octanol–water partition coefficient (Wildman–Crippen LogP) is 13.0. The number of fused-ring (bicyclic) bond motifs is 13. The van der Waals surface area contributed by atoms with Crippen molar-refractivity contribution >= 4 is 87.4 Å². The summed E-state index contributed by atoms with van der Waals surface area (Å²) in [5.41, 5.74) is 9.79. The molecule has 12 rings (SSSR count). The van der Waals surface area contributed by atoms with E-state index in [1.807, 2.05) is 36.4 Å². The average Bonchev–Trinajstić information content (AvgIpc) is 3.90. The molecular weight excluding hydrogens is 651 g/mol. The Balaban J connectivity index is 1.19. The van der Waals surface area contributed by atoms with Crippen molar-refractivity contribution in [1.29, 1.82) is 0 Å². The molecule has 0 saturated heterocycles. The summed E-state index contributed by atoms with van der Waals surface area (Å²) in [6.07, 6.45) is 0. The lowest BCUT2D eigenvalue weighted by atomic mass is 10.00. The van der Waals surface area contributed by atoms with Gasteiger partial charge in [0, 0.05) is 38.1 Å². The molecule has 53 heavy (non-hydrogen) atoms. The predicted molar refractivity (Wildman–Crippen MR) is 217 cm³/mol. The molecule has 5 nitrogen and oxygen atoms in total. The number of furan rings is 2. The Morgan fingerprint density at radius 2 is 1.04 bits per heavy atom. The van der Waals surface area contributed by atoms with Gasteiger partial charge in [-0.2, -0.15) is 0 Å². The molecule has 0 radical (unpaired) electrons. The average molecular weight is 678 g/mol. The van der Waals surface area contributed by atoms with E-state index in [0.717, 1.165) is 71.8 Å². The molecule has 0 saturated carbocycles. The summed E-state index contributed by atoms with van der Waals surface area (Å²) in [6, 6.07) is 57.2. The fourth-order valence-corrected chi connectivity index (χ4v) is 8.43. The monoisotopic (exact) mass is 677 g/mol.